The first-order chi connectivity index (χ1) is 12.8. The summed E-state index contributed by atoms with van der Waals surface area (Å²) in [6, 6.07) is 24.3. The summed E-state index contributed by atoms with van der Waals surface area (Å²) in [5.41, 5.74) is 3.95. The van der Waals surface area contributed by atoms with Crippen molar-refractivity contribution in [3.8, 4) is 17.0 Å². The van der Waals surface area contributed by atoms with Gasteiger partial charge in [-0.15, -0.1) is 10.2 Å². The van der Waals surface area contributed by atoms with Gasteiger partial charge in [0.25, 0.3) is 0 Å². The van der Waals surface area contributed by atoms with Crippen LogP contribution in [0.5, 0.6) is 5.75 Å². The van der Waals surface area contributed by atoms with Crippen molar-refractivity contribution in [1.82, 2.24) is 10.2 Å². The summed E-state index contributed by atoms with van der Waals surface area (Å²) in [4.78, 5) is 0. The second-order valence-corrected chi connectivity index (χ2v) is 6.14. The zero-order chi connectivity index (χ0) is 17.9. The molecule has 128 valence electrons. The van der Waals surface area contributed by atoms with Crippen LogP contribution in [-0.2, 0) is 0 Å². The lowest BCUT2D eigenvalue weighted by Gasteiger charge is -2.14. The van der Waals surface area contributed by atoms with Crippen molar-refractivity contribution in [3.05, 3.63) is 78.4 Å². The van der Waals surface area contributed by atoms with E-state index in [2.05, 4.69) is 27.6 Å². The van der Waals surface area contributed by atoms with E-state index in [0.717, 1.165) is 39.0 Å². The number of hydrogen-bond acceptors (Lipinski definition) is 4. The van der Waals surface area contributed by atoms with Gasteiger partial charge in [-0.05, 0) is 24.6 Å². The Morgan fingerprint density at radius 2 is 1.54 bits per heavy atom. The number of nitrogens with zero attached hydrogens (tertiary/aromatic N) is 2. The standard InChI is InChI=1S/C22H19N3O/c1-15-12-13-20(26-2)19(14-15)23-22-18-11-7-6-10-17(18)21(24-25-22)16-8-4-3-5-9-16/h3-14H,1-2H3,(H,23,25). The highest BCUT2D eigenvalue weighted by atomic mass is 16.5. The Morgan fingerprint density at radius 1 is 0.808 bits per heavy atom. The number of anilines is 2. The molecule has 4 aromatic rings. The second kappa shape index (κ2) is 6.84. The second-order valence-electron chi connectivity index (χ2n) is 6.14. The Hall–Kier alpha value is -3.40. The highest BCUT2D eigenvalue weighted by Gasteiger charge is 2.12. The van der Waals surface area contributed by atoms with Gasteiger partial charge >= 0.3 is 0 Å². The molecule has 4 nitrogen and oxygen atoms in total. The van der Waals surface area contributed by atoms with Crippen LogP contribution in [0.25, 0.3) is 22.0 Å². The van der Waals surface area contributed by atoms with Crippen LogP contribution in [0.15, 0.2) is 72.8 Å². The minimum Gasteiger partial charge on any atom is -0.495 e. The molecule has 1 aromatic heterocycles. The quantitative estimate of drug-likeness (QED) is 0.543. The highest BCUT2D eigenvalue weighted by molar-refractivity contribution is 6.01. The average molecular weight is 341 g/mol. The van der Waals surface area contributed by atoms with Crippen molar-refractivity contribution < 1.29 is 4.74 Å². The molecule has 0 saturated carbocycles. The van der Waals surface area contributed by atoms with Crippen LogP contribution in [0.1, 0.15) is 5.56 Å². The van der Waals surface area contributed by atoms with Gasteiger partial charge < -0.3 is 10.1 Å². The molecule has 0 amide bonds. The van der Waals surface area contributed by atoms with Crippen LogP contribution >= 0.6 is 0 Å². The van der Waals surface area contributed by atoms with Crippen LogP contribution in [0.3, 0.4) is 0 Å². The number of aromatic nitrogens is 2. The smallest absolute Gasteiger partial charge is 0.161 e. The Morgan fingerprint density at radius 3 is 2.31 bits per heavy atom. The molecule has 0 spiro atoms. The molecule has 0 radical (unpaired) electrons. The van der Waals surface area contributed by atoms with Crippen LogP contribution in [-0.4, -0.2) is 17.3 Å². The third-order valence-corrected chi connectivity index (χ3v) is 4.34. The van der Waals surface area contributed by atoms with Crippen molar-refractivity contribution in [2.24, 2.45) is 0 Å². The molecule has 3 aromatic carbocycles. The van der Waals surface area contributed by atoms with Gasteiger partial charge in [-0.2, -0.15) is 0 Å². The molecule has 26 heavy (non-hydrogen) atoms. The number of benzene rings is 3. The Balaban J connectivity index is 1.84. The van der Waals surface area contributed by atoms with E-state index in [1.807, 2.05) is 67.6 Å². The zero-order valence-corrected chi connectivity index (χ0v) is 14.7. The lowest BCUT2D eigenvalue weighted by molar-refractivity contribution is 0.416. The SMILES string of the molecule is COc1ccc(C)cc1Nc1nnc(-c2ccccc2)c2ccccc12. The molecule has 0 fully saturated rings. The average Bonchev–Trinajstić information content (AvgIpc) is 2.69. The number of rotatable bonds is 4. The van der Waals surface area contributed by atoms with Crippen molar-refractivity contribution in [2.75, 3.05) is 12.4 Å². The van der Waals surface area contributed by atoms with E-state index in [1.165, 1.54) is 0 Å². The fourth-order valence-corrected chi connectivity index (χ4v) is 3.05. The molecule has 4 rings (SSSR count). The van der Waals surface area contributed by atoms with Gasteiger partial charge in [0, 0.05) is 16.3 Å². The van der Waals surface area contributed by atoms with Crippen LogP contribution in [0.4, 0.5) is 11.5 Å². The summed E-state index contributed by atoms with van der Waals surface area (Å²) in [7, 11) is 1.66. The normalized spacial score (nSPS) is 10.7. The number of aryl methyl sites for hydroxylation is 1. The van der Waals surface area contributed by atoms with Crippen LogP contribution in [0.2, 0.25) is 0 Å². The van der Waals surface area contributed by atoms with E-state index in [9.17, 15) is 0 Å². The molecule has 0 bridgehead atoms. The molecular weight excluding hydrogens is 322 g/mol. The number of fused-ring (bicyclic) bond motifs is 1. The van der Waals surface area contributed by atoms with Crippen molar-refractivity contribution in [2.45, 2.75) is 6.92 Å². The predicted molar refractivity (Wildman–Crippen MR) is 106 cm³/mol. The van der Waals surface area contributed by atoms with Gasteiger partial charge in [0.05, 0.1) is 12.8 Å². The van der Waals surface area contributed by atoms with Crippen molar-refractivity contribution >= 4 is 22.3 Å². The molecule has 4 heteroatoms. The lowest BCUT2D eigenvalue weighted by Crippen LogP contribution is -2.01. The topological polar surface area (TPSA) is 47.0 Å². The lowest BCUT2D eigenvalue weighted by atomic mass is 10.0. The summed E-state index contributed by atoms with van der Waals surface area (Å²) < 4.78 is 5.47. The minimum absolute atomic E-state index is 0.712. The first kappa shape index (κ1) is 16.1. The summed E-state index contributed by atoms with van der Waals surface area (Å²) in [6.45, 7) is 2.05. The molecule has 1 heterocycles. The Kier molecular flexibility index (Phi) is 4.23. The monoisotopic (exact) mass is 341 g/mol. The molecule has 0 aliphatic heterocycles. The van der Waals surface area contributed by atoms with Crippen LogP contribution in [0, 0.1) is 6.92 Å². The molecular formula is C22H19N3O. The van der Waals surface area contributed by atoms with E-state index in [0.29, 0.717) is 5.82 Å². The van der Waals surface area contributed by atoms with E-state index in [-0.39, 0.29) is 0 Å². The largest absolute Gasteiger partial charge is 0.495 e. The van der Waals surface area contributed by atoms with Gasteiger partial charge in [-0.3, -0.25) is 0 Å². The first-order valence-corrected chi connectivity index (χ1v) is 8.49. The number of ether oxygens (including phenoxy) is 1. The third-order valence-electron chi connectivity index (χ3n) is 4.34. The predicted octanol–water partition coefficient (Wildman–Crippen LogP) is 5.36. The molecule has 0 unspecified atom stereocenters. The maximum atomic E-state index is 5.47. The molecule has 1 N–H and O–H groups in total. The van der Waals surface area contributed by atoms with Gasteiger partial charge in [0.2, 0.25) is 0 Å². The maximum Gasteiger partial charge on any atom is 0.161 e. The van der Waals surface area contributed by atoms with Gasteiger partial charge in [-0.25, -0.2) is 0 Å². The van der Waals surface area contributed by atoms with Gasteiger partial charge in [0.15, 0.2) is 5.82 Å². The first-order valence-electron chi connectivity index (χ1n) is 8.49. The van der Waals surface area contributed by atoms with E-state index >= 15 is 0 Å². The number of nitrogens with one attached hydrogen (secondary N) is 1. The number of methoxy groups -OCH3 is 1. The van der Waals surface area contributed by atoms with Crippen molar-refractivity contribution in [3.63, 3.8) is 0 Å². The fourth-order valence-electron chi connectivity index (χ4n) is 3.05. The van der Waals surface area contributed by atoms with Crippen LogP contribution < -0.4 is 10.1 Å². The summed E-state index contributed by atoms with van der Waals surface area (Å²) in [6.07, 6.45) is 0. The summed E-state index contributed by atoms with van der Waals surface area (Å²) >= 11 is 0. The highest BCUT2D eigenvalue weighted by Crippen LogP contribution is 2.33. The molecule has 0 aliphatic carbocycles. The molecule has 0 saturated heterocycles. The Labute approximate surface area is 152 Å². The summed E-state index contributed by atoms with van der Waals surface area (Å²) in [5, 5.41) is 14.4. The minimum atomic E-state index is 0.712. The maximum absolute atomic E-state index is 5.47. The molecule has 0 aliphatic rings. The van der Waals surface area contributed by atoms with E-state index in [4.69, 9.17) is 4.74 Å². The van der Waals surface area contributed by atoms with Gasteiger partial charge in [0.1, 0.15) is 11.4 Å². The van der Waals surface area contributed by atoms with Crippen molar-refractivity contribution in [1.29, 1.82) is 0 Å². The fraction of sp³-hybridized carbons (Fsp3) is 0.0909. The molecule has 0 atom stereocenters. The van der Waals surface area contributed by atoms with E-state index < -0.39 is 0 Å². The summed E-state index contributed by atoms with van der Waals surface area (Å²) in [5.74, 6) is 1.48. The third kappa shape index (κ3) is 2.97. The number of hydrogen-bond donors (Lipinski definition) is 1. The van der Waals surface area contributed by atoms with Gasteiger partial charge in [-0.1, -0.05) is 60.7 Å². The van der Waals surface area contributed by atoms with E-state index in [1.54, 1.807) is 7.11 Å². The zero-order valence-electron chi connectivity index (χ0n) is 14.7. The Bertz CT molecular complexity index is 1060.